The average Bonchev–Trinajstić information content (AvgIpc) is 2.37. The van der Waals surface area contributed by atoms with Crippen molar-refractivity contribution in [1.29, 1.82) is 0 Å². The van der Waals surface area contributed by atoms with Crippen molar-refractivity contribution in [2.75, 3.05) is 19.8 Å². The quantitative estimate of drug-likeness (QED) is 0.903. The molecule has 1 aliphatic rings. The van der Waals surface area contributed by atoms with Gasteiger partial charge in [-0.1, -0.05) is 15.9 Å². The van der Waals surface area contributed by atoms with E-state index in [9.17, 15) is 4.79 Å². The Morgan fingerprint density at radius 3 is 2.89 bits per heavy atom. The molecule has 1 aromatic carbocycles. The molecule has 1 aliphatic heterocycles. The first-order chi connectivity index (χ1) is 9.01. The van der Waals surface area contributed by atoms with E-state index in [1.807, 2.05) is 32.0 Å². The van der Waals surface area contributed by atoms with E-state index in [1.54, 1.807) is 4.90 Å². The zero-order valence-electron chi connectivity index (χ0n) is 11.1. The molecule has 1 saturated heterocycles. The predicted molar refractivity (Wildman–Crippen MR) is 76.2 cm³/mol. The number of hydrogen-bond acceptors (Lipinski definition) is 3. The highest BCUT2D eigenvalue weighted by Crippen LogP contribution is 2.20. The number of ether oxygens (including phenoxy) is 1. The lowest BCUT2D eigenvalue weighted by Crippen LogP contribution is -2.52. The second kappa shape index (κ2) is 6.03. The minimum atomic E-state index is -0.284. The van der Waals surface area contributed by atoms with Crippen LogP contribution in [-0.2, 0) is 4.74 Å². The molecule has 0 aromatic heterocycles. The third-order valence-electron chi connectivity index (χ3n) is 3.26. The Morgan fingerprint density at radius 1 is 1.53 bits per heavy atom. The summed E-state index contributed by atoms with van der Waals surface area (Å²) < 4.78 is 6.35. The molecule has 0 unspecified atom stereocenters. The topological polar surface area (TPSA) is 49.8 Å². The third kappa shape index (κ3) is 3.35. The number of benzene rings is 1. The zero-order chi connectivity index (χ0) is 14.0. The summed E-state index contributed by atoms with van der Waals surface area (Å²) in [6.07, 6.45) is -0.284. The van der Waals surface area contributed by atoms with Gasteiger partial charge in [-0.2, -0.15) is 0 Å². The van der Waals surface area contributed by atoms with Gasteiger partial charge in [0.25, 0.3) is 5.91 Å². The van der Waals surface area contributed by atoms with Gasteiger partial charge in [0.05, 0.1) is 25.4 Å². The summed E-state index contributed by atoms with van der Waals surface area (Å²) in [5, 5.41) is 9.17. The van der Waals surface area contributed by atoms with Crippen molar-refractivity contribution in [1.82, 2.24) is 4.90 Å². The van der Waals surface area contributed by atoms with Gasteiger partial charge in [-0.3, -0.25) is 4.79 Å². The molecule has 5 heteroatoms. The monoisotopic (exact) mass is 327 g/mol. The van der Waals surface area contributed by atoms with Gasteiger partial charge < -0.3 is 14.7 Å². The molecule has 0 spiro atoms. The number of carbonyl (C=O) groups excluding carboxylic acids is 1. The van der Waals surface area contributed by atoms with Crippen LogP contribution < -0.4 is 0 Å². The summed E-state index contributed by atoms with van der Waals surface area (Å²) in [6.45, 7) is 4.75. The maximum Gasteiger partial charge on any atom is 0.254 e. The van der Waals surface area contributed by atoms with Crippen LogP contribution in [0.15, 0.2) is 22.7 Å². The summed E-state index contributed by atoms with van der Waals surface area (Å²) in [6, 6.07) is 5.69. The highest BCUT2D eigenvalue weighted by Gasteiger charge is 2.30. The Labute approximate surface area is 121 Å². The van der Waals surface area contributed by atoms with Gasteiger partial charge in [0.15, 0.2) is 0 Å². The molecule has 1 amide bonds. The van der Waals surface area contributed by atoms with Crippen LogP contribution in [0.4, 0.5) is 0 Å². The molecule has 0 aliphatic carbocycles. The predicted octanol–water partition coefficient (Wildman–Crippen LogP) is 1.98. The number of nitrogens with zero attached hydrogens (tertiary/aromatic N) is 1. The van der Waals surface area contributed by atoms with E-state index in [2.05, 4.69) is 15.9 Å². The molecule has 104 valence electrons. The molecule has 2 rings (SSSR count). The van der Waals surface area contributed by atoms with E-state index in [0.29, 0.717) is 18.7 Å². The Balaban J connectivity index is 2.21. The van der Waals surface area contributed by atoms with Crippen LogP contribution in [0.3, 0.4) is 0 Å². The van der Waals surface area contributed by atoms with Crippen LogP contribution in [-0.4, -0.2) is 47.8 Å². The summed E-state index contributed by atoms with van der Waals surface area (Å²) >= 11 is 3.41. The van der Waals surface area contributed by atoms with E-state index in [1.165, 1.54) is 0 Å². The highest BCUT2D eigenvalue weighted by atomic mass is 79.9. The molecule has 1 aromatic rings. The van der Waals surface area contributed by atoms with Gasteiger partial charge in [0, 0.05) is 16.6 Å². The SMILES string of the molecule is Cc1cc(Br)cc(C(=O)N2C[C@H](CO)OC[C@@H]2C)c1. The van der Waals surface area contributed by atoms with Crippen molar-refractivity contribution >= 4 is 21.8 Å². The molecular formula is C14H18BrNO3. The molecule has 0 saturated carbocycles. The van der Waals surface area contributed by atoms with Gasteiger partial charge in [0.2, 0.25) is 0 Å². The second-order valence-electron chi connectivity index (χ2n) is 4.96. The summed E-state index contributed by atoms with van der Waals surface area (Å²) in [4.78, 5) is 14.3. The van der Waals surface area contributed by atoms with E-state index in [0.717, 1.165) is 10.0 Å². The standard InChI is InChI=1S/C14H18BrNO3/c1-9-3-11(5-12(15)4-9)14(18)16-6-13(7-17)19-8-10(16)2/h3-5,10,13,17H,6-8H2,1-2H3/t10-,13+/m0/s1. The molecule has 0 radical (unpaired) electrons. The first kappa shape index (κ1) is 14.5. The van der Waals surface area contributed by atoms with E-state index < -0.39 is 0 Å². The molecule has 1 N–H and O–H groups in total. The number of morpholine rings is 1. The zero-order valence-corrected chi connectivity index (χ0v) is 12.7. The lowest BCUT2D eigenvalue weighted by atomic mass is 10.1. The second-order valence-corrected chi connectivity index (χ2v) is 5.88. The van der Waals surface area contributed by atoms with E-state index in [4.69, 9.17) is 9.84 Å². The van der Waals surface area contributed by atoms with Crippen LogP contribution in [0.1, 0.15) is 22.8 Å². The minimum absolute atomic E-state index is 0.0151. The van der Waals surface area contributed by atoms with Crippen LogP contribution in [0.5, 0.6) is 0 Å². The normalized spacial score (nSPS) is 23.5. The summed E-state index contributed by atoms with van der Waals surface area (Å²) in [5.74, 6) is -0.0151. The Kier molecular flexibility index (Phi) is 4.60. The smallest absolute Gasteiger partial charge is 0.254 e. The average molecular weight is 328 g/mol. The summed E-state index contributed by atoms with van der Waals surface area (Å²) in [5.41, 5.74) is 1.70. The minimum Gasteiger partial charge on any atom is -0.394 e. The van der Waals surface area contributed by atoms with Crippen LogP contribution in [0.2, 0.25) is 0 Å². The van der Waals surface area contributed by atoms with Crippen LogP contribution >= 0.6 is 15.9 Å². The molecule has 1 heterocycles. The van der Waals surface area contributed by atoms with Crippen LogP contribution in [0.25, 0.3) is 0 Å². The Hall–Kier alpha value is -0.910. The van der Waals surface area contributed by atoms with E-state index in [-0.39, 0.29) is 24.7 Å². The fourth-order valence-corrected chi connectivity index (χ4v) is 2.84. The first-order valence-corrected chi connectivity index (χ1v) is 7.11. The number of hydrogen-bond donors (Lipinski definition) is 1. The number of halogens is 1. The third-order valence-corrected chi connectivity index (χ3v) is 3.72. The molecular weight excluding hydrogens is 310 g/mol. The van der Waals surface area contributed by atoms with Crippen molar-refractivity contribution < 1.29 is 14.6 Å². The maximum atomic E-state index is 12.5. The maximum absolute atomic E-state index is 12.5. The van der Waals surface area contributed by atoms with Crippen molar-refractivity contribution in [2.45, 2.75) is 26.0 Å². The van der Waals surface area contributed by atoms with Crippen molar-refractivity contribution in [2.24, 2.45) is 0 Å². The van der Waals surface area contributed by atoms with Crippen molar-refractivity contribution in [3.05, 3.63) is 33.8 Å². The Bertz CT molecular complexity index is 458. The molecule has 4 nitrogen and oxygen atoms in total. The van der Waals surface area contributed by atoms with Gasteiger partial charge in [-0.05, 0) is 37.6 Å². The molecule has 1 fully saturated rings. The van der Waals surface area contributed by atoms with Crippen LogP contribution in [0, 0.1) is 6.92 Å². The number of rotatable bonds is 2. The number of aliphatic hydroxyl groups excluding tert-OH is 1. The van der Waals surface area contributed by atoms with Gasteiger partial charge in [-0.25, -0.2) is 0 Å². The van der Waals surface area contributed by atoms with Gasteiger partial charge in [0.1, 0.15) is 0 Å². The van der Waals surface area contributed by atoms with Gasteiger partial charge >= 0.3 is 0 Å². The molecule has 2 atom stereocenters. The van der Waals surface area contributed by atoms with Crippen molar-refractivity contribution in [3.8, 4) is 0 Å². The fraction of sp³-hybridized carbons (Fsp3) is 0.500. The van der Waals surface area contributed by atoms with Crippen molar-refractivity contribution in [3.63, 3.8) is 0 Å². The lowest BCUT2D eigenvalue weighted by molar-refractivity contribution is -0.0667. The van der Waals surface area contributed by atoms with E-state index >= 15 is 0 Å². The largest absolute Gasteiger partial charge is 0.394 e. The number of amides is 1. The number of aliphatic hydroxyl groups is 1. The lowest BCUT2D eigenvalue weighted by Gasteiger charge is -2.37. The number of aryl methyl sites for hydroxylation is 1. The molecule has 19 heavy (non-hydrogen) atoms. The highest BCUT2D eigenvalue weighted by molar-refractivity contribution is 9.10. The Morgan fingerprint density at radius 2 is 2.26 bits per heavy atom. The van der Waals surface area contributed by atoms with Gasteiger partial charge in [-0.15, -0.1) is 0 Å². The molecule has 0 bridgehead atoms. The number of carbonyl (C=O) groups is 1. The fourth-order valence-electron chi connectivity index (χ4n) is 2.24. The first-order valence-electron chi connectivity index (χ1n) is 6.32. The summed E-state index contributed by atoms with van der Waals surface area (Å²) in [7, 11) is 0.